The lowest BCUT2D eigenvalue weighted by Gasteiger charge is -2.10. The molecule has 2 heterocycles. The van der Waals surface area contributed by atoms with Crippen LogP contribution in [0, 0.1) is 0 Å². The molecule has 9 heteroatoms. The minimum absolute atomic E-state index is 0.308. The average molecular weight is 500 g/mol. The number of aryl methyl sites for hydroxylation is 1. The molecule has 0 spiro atoms. The molecule has 3 aromatic carbocycles. The van der Waals surface area contributed by atoms with Crippen molar-refractivity contribution in [3.8, 4) is 17.2 Å². The number of fused-ring (bicyclic) bond motifs is 1. The van der Waals surface area contributed by atoms with Gasteiger partial charge >= 0.3 is 6.18 Å². The van der Waals surface area contributed by atoms with Crippen LogP contribution in [0.15, 0.2) is 66.7 Å². The van der Waals surface area contributed by atoms with E-state index < -0.39 is 11.7 Å². The van der Waals surface area contributed by atoms with E-state index in [-0.39, 0.29) is 0 Å². The predicted molar refractivity (Wildman–Crippen MR) is 131 cm³/mol. The predicted octanol–water partition coefficient (Wildman–Crippen LogP) is 6.17. The van der Waals surface area contributed by atoms with Crippen LogP contribution in [0.3, 0.4) is 0 Å². The van der Waals surface area contributed by atoms with Gasteiger partial charge in [0.25, 0.3) is 0 Å². The summed E-state index contributed by atoms with van der Waals surface area (Å²) in [4.78, 5) is 4.65. The topological polar surface area (TPSA) is 48.3 Å². The van der Waals surface area contributed by atoms with Gasteiger partial charge in [-0.05, 0) is 60.5 Å². The third-order valence-electron chi connectivity index (χ3n) is 5.91. The van der Waals surface area contributed by atoms with E-state index in [0.29, 0.717) is 23.4 Å². The first-order valence-corrected chi connectivity index (χ1v) is 12.2. The first kappa shape index (κ1) is 23.6. The summed E-state index contributed by atoms with van der Waals surface area (Å²) in [5.74, 6) is 3.40. The van der Waals surface area contributed by atoms with E-state index in [1.807, 2.05) is 47.6 Å². The van der Waals surface area contributed by atoms with Gasteiger partial charge in [-0.25, -0.2) is 4.98 Å². The molecule has 5 nitrogen and oxygen atoms in total. The summed E-state index contributed by atoms with van der Waals surface area (Å²) in [6, 6.07) is 18.2. The molecule has 182 valence electrons. The molecule has 0 amide bonds. The van der Waals surface area contributed by atoms with E-state index >= 15 is 0 Å². The van der Waals surface area contributed by atoms with E-state index in [2.05, 4.69) is 22.4 Å². The second-order valence-electron chi connectivity index (χ2n) is 8.39. The maximum absolute atomic E-state index is 12.8. The minimum atomic E-state index is -4.38. The van der Waals surface area contributed by atoms with Crippen molar-refractivity contribution in [3.05, 3.63) is 83.7 Å². The van der Waals surface area contributed by atoms with Gasteiger partial charge in [0.05, 0.1) is 16.6 Å². The summed E-state index contributed by atoms with van der Waals surface area (Å²) < 4.78 is 52.0. The number of benzene rings is 3. The van der Waals surface area contributed by atoms with Gasteiger partial charge < -0.3 is 19.4 Å². The van der Waals surface area contributed by atoms with Crippen LogP contribution in [-0.2, 0) is 26.3 Å². The molecular weight excluding hydrogens is 475 g/mol. The Balaban J connectivity index is 1.24. The highest BCUT2D eigenvalue weighted by Gasteiger charge is 2.30. The van der Waals surface area contributed by atoms with Crippen molar-refractivity contribution in [2.75, 3.05) is 12.4 Å². The molecule has 0 radical (unpaired) electrons. The molecule has 1 atom stereocenters. The van der Waals surface area contributed by atoms with Gasteiger partial charge in [-0.2, -0.15) is 13.2 Å². The van der Waals surface area contributed by atoms with Crippen LogP contribution in [-0.4, -0.2) is 27.2 Å². The molecule has 1 fully saturated rings. The second-order valence-corrected chi connectivity index (χ2v) is 9.67. The van der Waals surface area contributed by atoms with Crippen LogP contribution in [0.1, 0.15) is 17.0 Å². The largest absolute Gasteiger partial charge is 0.486 e. The summed E-state index contributed by atoms with van der Waals surface area (Å²) in [6.07, 6.45) is -3.33. The highest BCUT2D eigenvalue weighted by molar-refractivity contribution is 8.00. The fourth-order valence-corrected chi connectivity index (χ4v) is 5.00. The average Bonchev–Trinajstić information content (AvgIpc) is 3.46. The Morgan fingerprint density at radius 1 is 1.00 bits per heavy atom. The molecule has 5 rings (SSSR count). The number of alkyl halides is 3. The normalized spacial score (nSPS) is 16.1. The quantitative estimate of drug-likeness (QED) is 0.330. The number of ether oxygens (including phenoxy) is 2. The summed E-state index contributed by atoms with van der Waals surface area (Å²) in [5.41, 5.74) is 2.20. The number of rotatable bonds is 7. The van der Waals surface area contributed by atoms with Crippen molar-refractivity contribution in [1.82, 2.24) is 14.9 Å². The maximum atomic E-state index is 12.8. The zero-order valence-electron chi connectivity index (χ0n) is 19.0. The Kier molecular flexibility index (Phi) is 6.62. The number of aromatic nitrogens is 2. The van der Waals surface area contributed by atoms with Crippen LogP contribution >= 0.6 is 11.8 Å². The number of hydrogen-bond acceptors (Lipinski definition) is 5. The maximum Gasteiger partial charge on any atom is 0.416 e. The third kappa shape index (κ3) is 5.57. The number of halogens is 3. The van der Waals surface area contributed by atoms with Crippen LogP contribution < -0.4 is 14.8 Å². The number of hydrogen-bond donors (Lipinski definition) is 1. The van der Waals surface area contributed by atoms with E-state index in [4.69, 9.17) is 9.47 Å². The van der Waals surface area contributed by atoms with Crippen LogP contribution in [0.25, 0.3) is 11.0 Å². The number of thioether (sulfide) groups is 1. The zero-order valence-corrected chi connectivity index (χ0v) is 19.8. The lowest BCUT2D eigenvalue weighted by atomic mass is 10.1. The fourth-order valence-electron chi connectivity index (χ4n) is 3.98. The molecule has 1 saturated heterocycles. The lowest BCUT2D eigenvalue weighted by Crippen LogP contribution is -2.14. The van der Waals surface area contributed by atoms with Gasteiger partial charge in [-0.15, -0.1) is 11.8 Å². The van der Waals surface area contributed by atoms with Crippen molar-refractivity contribution in [3.63, 3.8) is 0 Å². The molecular formula is C26H24F3N3O2S. The fraction of sp³-hybridized carbons (Fsp3) is 0.269. The van der Waals surface area contributed by atoms with Crippen LogP contribution in [0.4, 0.5) is 13.2 Å². The van der Waals surface area contributed by atoms with Gasteiger partial charge in [0, 0.05) is 30.8 Å². The molecule has 1 N–H and O–H groups in total. The molecule has 0 bridgehead atoms. The summed E-state index contributed by atoms with van der Waals surface area (Å²) >= 11 is 1.95. The van der Waals surface area contributed by atoms with Gasteiger partial charge in [0.1, 0.15) is 29.7 Å². The Bertz CT molecular complexity index is 1300. The molecule has 1 aromatic heterocycles. The lowest BCUT2D eigenvalue weighted by molar-refractivity contribution is -0.137. The van der Waals surface area contributed by atoms with E-state index in [1.165, 1.54) is 17.7 Å². The molecule has 1 aliphatic rings. The first-order valence-electron chi connectivity index (χ1n) is 11.2. The molecule has 35 heavy (non-hydrogen) atoms. The van der Waals surface area contributed by atoms with E-state index in [9.17, 15) is 13.2 Å². The standard InChI is InChI=1S/C26H24F3N3O2S/c1-32-24-13-21(34-20-8-4-18(5-9-20)26(27,28)29)10-11-23(24)31-25(32)15-33-19-6-2-17(3-7-19)12-22-14-30-16-35-22/h2-11,13,22,30H,12,14-16H2,1H3. The molecule has 0 aliphatic carbocycles. The Morgan fingerprint density at radius 3 is 2.40 bits per heavy atom. The smallest absolute Gasteiger partial charge is 0.416 e. The van der Waals surface area contributed by atoms with Crippen molar-refractivity contribution < 1.29 is 22.6 Å². The highest BCUT2D eigenvalue weighted by atomic mass is 32.2. The Labute approximate surface area is 205 Å². The zero-order chi connectivity index (χ0) is 24.4. The molecule has 0 saturated carbocycles. The third-order valence-corrected chi connectivity index (χ3v) is 7.09. The molecule has 1 unspecified atom stereocenters. The van der Waals surface area contributed by atoms with Gasteiger partial charge in [-0.1, -0.05) is 12.1 Å². The summed E-state index contributed by atoms with van der Waals surface area (Å²) in [5, 5.41) is 3.99. The number of imidazole rings is 1. The number of nitrogens with zero attached hydrogens (tertiary/aromatic N) is 2. The SMILES string of the molecule is Cn1c(COc2ccc(CC3CNCS3)cc2)nc2ccc(Oc3ccc(C(F)(F)F)cc3)cc21. The molecule has 1 aliphatic heterocycles. The summed E-state index contributed by atoms with van der Waals surface area (Å²) in [7, 11) is 1.90. The minimum Gasteiger partial charge on any atom is -0.486 e. The van der Waals surface area contributed by atoms with E-state index in [0.717, 1.165) is 53.6 Å². The van der Waals surface area contributed by atoms with Gasteiger partial charge in [-0.3, -0.25) is 0 Å². The Hall–Kier alpha value is -3.17. The van der Waals surface area contributed by atoms with Gasteiger partial charge in [0.2, 0.25) is 0 Å². The van der Waals surface area contributed by atoms with Crippen molar-refractivity contribution in [2.24, 2.45) is 7.05 Å². The van der Waals surface area contributed by atoms with Crippen LogP contribution in [0.5, 0.6) is 17.2 Å². The number of nitrogens with one attached hydrogen (secondary N) is 1. The van der Waals surface area contributed by atoms with Crippen molar-refractivity contribution in [2.45, 2.75) is 24.5 Å². The van der Waals surface area contributed by atoms with Crippen molar-refractivity contribution in [1.29, 1.82) is 0 Å². The van der Waals surface area contributed by atoms with Crippen LogP contribution in [0.2, 0.25) is 0 Å². The van der Waals surface area contributed by atoms with Gasteiger partial charge in [0.15, 0.2) is 0 Å². The molecule has 4 aromatic rings. The summed E-state index contributed by atoms with van der Waals surface area (Å²) in [6.45, 7) is 1.36. The monoisotopic (exact) mass is 499 g/mol. The van der Waals surface area contributed by atoms with Crippen molar-refractivity contribution >= 4 is 22.8 Å². The van der Waals surface area contributed by atoms with E-state index in [1.54, 1.807) is 6.07 Å². The second kappa shape index (κ2) is 9.83. The first-order chi connectivity index (χ1) is 16.8. The highest BCUT2D eigenvalue weighted by Crippen LogP contribution is 2.32. The Morgan fingerprint density at radius 2 is 1.71 bits per heavy atom.